The van der Waals surface area contributed by atoms with Crippen LogP contribution >= 0.6 is 11.3 Å². The average Bonchev–Trinajstić information content (AvgIpc) is 2.81. The summed E-state index contributed by atoms with van der Waals surface area (Å²) in [5.41, 5.74) is 0.678. The van der Waals surface area contributed by atoms with Crippen molar-refractivity contribution in [2.45, 2.75) is 53.2 Å². The van der Waals surface area contributed by atoms with E-state index in [1.54, 1.807) is 11.8 Å². The summed E-state index contributed by atoms with van der Waals surface area (Å²) < 4.78 is 10.5. The fraction of sp³-hybridized carbons (Fsp3) is 0.588. The lowest BCUT2D eigenvalue weighted by Crippen LogP contribution is -2.39. The topological polar surface area (TPSA) is 84.9 Å². The lowest BCUT2D eigenvalue weighted by Gasteiger charge is -2.30. The number of carbonyl (C=O) groups is 3. The molecule has 1 aromatic rings. The van der Waals surface area contributed by atoms with Gasteiger partial charge in [0.15, 0.2) is 0 Å². The maximum Gasteiger partial charge on any atom is 0.410 e. The third kappa shape index (κ3) is 4.72. The molecular formula is C17H24N2O5S. The molecular weight excluding hydrogens is 344 g/mol. The number of hydrogen-bond donors (Lipinski definition) is 1. The fourth-order valence-electron chi connectivity index (χ4n) is 2.55. The number of nitrogens with zero attached hydrogens (tertiary/aromatic N) is 1. The first-order chi connectivity index (χ1) is 11.6. The molecule has 0 aromatic carbocycles. The first-order valence-corrected chi connectivity index (χ1v) is 9.01. The van der Waals surface area contributed by atoms with Gasteiger partial charge in [-0.3, -0.25) is 4.79 Å². The van der Waals surface area contributed by atoms with Gasteiger partial charge >= 0.3 is 12.1 Å². The molecule has 0 aliphatic carbocycles. The summed E-state index contributed by atoms with van der Waals surface area (Å²) in [6.45, 7) is 9.63. The van der Waals surface area contributed by atoms with Gasteiger partial charge in [0.25, 0.3) is 0 Å². The van der Waals surface area contributed by atoms with Crippen LogP contribution in [0.4, 0.5) is 9.80 Å². The van der Waals surface area contributed by atoms with E-state index < -0.39 is 11.6 Å². The van der Waals surface area contributed by atoms with Gasteiger partial charge in [-0.15, -0.1) is 11.3 Å². The number of fused-ring (bicyclic) bond motifs is 1. The van der Waals surface area contributed by atoms with E-state index in [4.69, 9.17) is 9.47 Å². The van der Waals surface area contributed by atoms with E-state index in [0.29, 0.717) is 30.1 Å². The number of rotatable bonds is 3. The third-order valence-electron chi connectivity index (χ3n) is 3.48. The minimum atomic E-state index is -0.565. The van der Waals surface area contributed by atoms with E-state index >= 15 is 0 Å². The Bertz CT molecular complexity index is 690. The molecule has 0 spiro atoms. The molecule has 0 bridgehead atoms. The Balaban J connectivity index is 2.29. The van der Waals surface area contributed by atoms with E-state index in [-0.39, 0.29) is 18.6 Å². The van der Waals surface area contributed by atoms with Crippen molar-refractivity contribution in [1.82, 2.24) is 4.90 Å². The first kappa shape index (κ1) is 19.2. The maximum absolute atomic E-state index is 12.3. The van der Waals surface area contributed by atoms with Crippen LogP contribution in [0.25, 0.3) is 0 Å². The molecule has 2 rings (SSSR count). The highest BCUT2D eigenvalue weighted by atomic mass is 32.1. The van der Waals surface area contributed by atoms with Gasteiger partial charge in [0.2, 0.25) is 5.91 Å². The Kier molecular flexibility index (Phi) is 5.72. The Morgan fingerprint density at radius 2 is 1.96 bits per heavy atom. The Morgan fingerprint density at radius 3 is 2.52 bits per heavy atom. The monoisotopic (exact) mass is 368 g/mol. The van der Waals surface area contributed by atoms with E-state index in [1.807, 2.05) is 20.8 Å². The normalized spacial score (nSPS) is 13.9. The average molecular weight is 368 g/mol. The van der Waals surface area contributed by atoms with Crippen LogP contribution < -0.4 is 5.32 Å². The zero-order valence-electron chi connectivity index (χ0n) is 15.2. The standard InChI is InChI=1S/C17H24N2O5S/c1-6-23-15(21)13-11-7-8-19(16(22)24-17(3,4)5)9-12(11)25-14(13)18-10(2)20/h6-9H2,1-5H3,(H,18,20). The third-order valence-corrected chi connectivity index (χ3v) is 4.61. The number of anilines is 1. The van der Waals surface area contributed by atoms with Crippen LogP contribution in [0.3, 0.4) is 0 Å². The van der Waals surface area contributed by atoms with E-state index in [1.165, 1.54) is 18.3 Å². The van der Waals surface area contributed by atoms with E-state index in [2.05, 4.69) is 5.32 Å². The van der Waals surface area contributed by atoms with E-state index in [9.17, 15) is 14.4 Å². The van der Waals surface area contributed by atoms with Gasteiger partial charge in [-0.05, 0) is 39.7 Å². The molecule has 8 heteroatoms. The summed E-state index contributed by atoms with van der Waals surface area (Å²) in [4.78, 5) is 38.5. The molecule has 25 heavy (non-hydrogen) atoms. The molecule has 0 fully saturated rings. The molecule has 0 saturated heterocycles. The van der Waals surface area contributed by atoms with Gasteiger partial charge in [-0.2, -0.15) is 0 Å². The summed E-state index contributed by atoms with van der Waals surface area (Å²) in [6, 6.07) is 0. The highest BCUT2D eigenvalue weighted by molar-refractivity contribution is 7.17. The Hall–Kier alpha value is -2.09. The number of esters is 1. The zero-order chi connectivity index (χ0) is 18.8. The number of ether oxygens (including phenoxy) is 2. The Morgan fingerprint density at radius 1 is 1.28 bits per heavy atom. The van der Waals surface area contributed by atoms with Gasteiger partial charge < -0.3 is 19.7 Å². The van der Waals surface area contributed by atoms with Crippen LogP contribution in [0, 0.1) is 0 Å². The SMILES string of the molecule is CCOC(=O)c1c(NC(C)=O)sc2c1CCN(C(=O)OC(C)(C)C)C2. The second kappa shape index (κ2) is 7.43. The maximum atomic E-state index is 12.3. The van der Waals surface area contributed by atoms with Crippen molar-refractivity contribution in [3.05, 3.63) is 16.0 Å². The van der Waals surface area contributed by atoms with Crippen LogP contribution in [0.15, 0.2) is 0 Å². The molecule has 2 heterocycles. The number of hydrogen-bond acceptors (Lipinski definition) is 6. The minimum absolute atomic E-state index is 0.256. The summed E-state index contributed by atoms with van der Waals surface area (Å²) in [5, 5.41) is 3.17. The second-order valence-electron chi connectivity index (χ2n) is 6.76. The summed E-state index contributed by atoms with van der Waals surface area (Å²) >= 11 is 1.30. The summed E-state index contributed by atoms with van der Waals surface area (Å²) in [5.74, 6) is -0.706. The van der Waals surface area contributed by atoms with Crippen LogP contribution in [0.2, 0.25) is 0 Å². The molecule has 0 saturated carbocycles. The quantitative estimate of drug-likeness (QED) is 0.828. The molecule has 138 valence electrons. The highest BCUT2D eigenvalue weighted by Crippen LogP contribution is 2.38. The van der Waals surface area contributed by atoms with Crippen LogP contribution in [-0.4, -0.2) is 41.6 Å². The molecule has 0 atom stereocenters. The van der Waals surface area contributed by atoms with Crippen LogP contribution in [0.5, 0.6) is 0 Å². The second-order valence-corrected chi connectivity index (χ2v) is 7.87. The predicted molar refractivity (Wildman–Crippen MR) is 94.9 cm³/mol. The van der Waals surface area contributed by atoms with E-state index in [0.717, 1.165) is 10.4 Å². The molecule has 1 aliphatic heterocycles. The van der Waals surface area contributed by atoms with Gasteiger partial charge in [-0.1, -0.05) is 0 Å². The molecule has 1 aliphatic rings. The zero-order valence-corrected chi connectivity index (χ0v) is 16.0. The first-order valence-electron chi connectivity index (χ1n) is 8.19. The van der Waals surface area contributed by atoms with Gasteiger partial charge in [0, 0.05) is 18.3 Å². The lowest BCUT2D eigenvalue weighted by molar-refractivity contribution is -0.114. The molecule has 2 amide bonds. The predicted octanol–water partition coefficient (Wildman–Crippen LogP) is 3.18. The largest absolute Gasteiger partial charge is 0.462 e. The van der Waals surface area contributed by atoms with Crippen molar-refractivity contribution in [1.29, 1.82) is 0 Å². The minimum Gasteiger partial charge on any atom is -0.462 e. The number of carbonyl (C=O) groups excluding carboxylic acids is 3. The molecule has 0 radical (unpaired) electrons. The molecule has 7 nitrogen and oxygen atoms in total. The van der Waals surface area contributed by atoms with Crippen molar-refractivity contribution >= 4 is 34.3 Å². The molecule has 0 unspecified atom stereocenters. The van der Waals surface area contributed by atoms with Gasteiger partial charge in [-0.25, -0.2) is 9.59 Å². The number of thiophene rings is 1. The summed E-state index contributed by atoms with van der Waals surface area (Å²) in [7, 11) is 0. The number of nitrogens with one attached hydrogen (secondary N) is 1. The van der Waals surface area contributed by atoms with Crippen molar-refractivity contribution < 1.29 is 23.9 Å². The highest BCUT2D eigenvalue weighted by Gasteiger charge is 2.32. The van der Waals surface area contributed by atoms with Crippen molar-refractivity contribution in [3.63, 3.8) is 0 Å². The van der Waals surface area contributed by atoms with Crippen molar-refractivity contribution in [2.75, 3.05) is 18.5 Å². The fourth-order valence-corrected chi connectivity index (χ4v) is 3.85. The van der Waals surface area contributed by atoms with Crippen LogP contribution in [0.1, 0.15) is 55.4 Å². The van der Waals surface area contributed by atoms with Crippen LogP contribution in [-0.2, 0) is 27.2 Å². The van der Waals surface area contributed by atoms with Gasteiger partial charge in [0.1, 0.15) is 10.6 Å². The molecule has 1 aromatic heterocycles. The van der Waals surface area contributed by atoms with Crippen molar-refractivity contribution in [3.8, 4) is 0 Å². The molecule has 1 N–H and O–H groups in total. The smallest absolute Gasteiger partial charge is 0.410 e. The Labute approximate surface area is 151 Å². The summed E-state index contributed by atoms with van der Waals surface area (Å²) in [6.07, 6.45) is 0.129. The number of amides is 2. The lowest BCUT2D eigenvalue weighted by atomic mass is 10.0. The van der Waals surface area contributed by atoms with Crippen molar-refractivity contribution in [2.24, 2.45) is 0 Å². The van der Waals surface area contributed by atoms with Gasteiger partial charge in [0.05, 0.1) is 18.7 Å².